The molecule has 1 fully saturated rings. The first kappa shape index (κ1) is 15.8. The zero-order valence-electron chi connectivity index (χ0n) is 11.5. The van der Waals surface area contributed by atoms with Gasteiger partial charge in [0, 0.05) is 24.3 Å². The Bertz CT molecular complexity index is 422. The third-order valence-corrected chi connectivity index (χ3v) is 3.85. The Morgan fingerprint density at radius 1 is 1.37 bits per heavy atom. The van der Waals surface area contributed by atoms with Crippen LogP contribution in [-0.2, 0) is 0 Å². The van der Waals surface area contributed by atoms with Gasteiger partial charge in [0.1, 0.15) is 0 Å². The summed E-state index contributed by atoms with van der Waals surface area (Å²) in [5, 5.41) is 0. The van der Waals surface area contributed by atoms with Crippen LogP contribution in [0.1, 0.15) is 43.0 Å². The van der Waals surface area contributed by atoms with Gasteiger partial charge in [-0.2, -0.15) is 0 Å². The first-order valence-electron chi connectivity index (χ1n) is 6.85. The molecule has 3 nitrogen and oxygen atoms in total. The highest BCUT2D eigenvalue weighted by Gasteiger charge is 2.20. The van der Waals surface area contributed by atoms with Crippen LogP contribution in [0.25, 0.3) is 0 Å². The second kappa shape index (κ2) is 7.39. The van der Waals surface area contributed by atoms with Crippen molar-refractivity contribution in [1.82, 2.24) is 4.90 Å². The summed E-state index contributed by atoms with van der Waals surface area (Å²) in [5.41, 5.74) is 7.10. The van der Waals surface area contributed by atoms with E-state index < -0.39 is 0 Å². The van der Waals surface area contributed by atoms with Crippen molar-refractivity contribution in [2.45, 2.75) is 32.6 Å². The Labute approximate surface area is 121 Å². The highest BCUT2D eigenvalue weighted by molar-refractivity contribution is 5.95. The number of nitrogens with zero attached hydrogens (tertiary/aromatic N) is 1. The fraction of sp³-hybridized carbons (Fsp3) is 0.533. The number of nitrogens with two attached hydrogens (primary N) is 1. The standard InChI is InChI=1S/C15H22N2O.ClH/c1-2-12-5-4-9-17(10-8-12)15(18)13-6-3-7-14(16)11-13;/h3,6-7,11-12H,2,4-5,8-10,16H2,1H3;1H. The molecule has 19 heavy (non-hydrogen) atoms. The molecule has 2 rings (SSSR count). The molecule has 1 unspecified atom stereocenters. The van der Waals surface area contributed by atoms with E-state index in [1.165, 1.54) is 12.8 Å². The van der Waals surface area contributed by atoms with Gasteiger partial charge >= 0.3 is 0 Å². The Kier molecular flexibility index (Phi) is 6.16. The zero-order valence-corrected chi connectivity index (χ0v) is 12.3. The van der Waals surface area contributed by atoms with Crippen molar-refractivity contribution < 1.29 is 4.79 Å². The van der Waals surface area contributed by atoms with E-state index in [0.717, 1.165) is 31.8 Å². The van der Waals surface area contributed by atoms with Gasteiger partial charge in [0.25, 0.3) is 5.91 Å². The van der Waals surface area contributed by atoms with Crippen molar-refractivity contribution in [1.29, 1.82) is 0 Å². The zero-order chi connectivity index (χ0) is 13.0. The molecule has 1 aromatic carbocycles. The highest BCUT2D eigenvalue weighted by Crippen LogP contribution is 2.21. The van der Waals surface area contributed by atoms with E-state index in [4.69, 9.17) is 5.73 Å². The van der Waals surface area contributed by atoms with E-state index in [1.54, 1.807) is 6.07 Å². The molecule has 0 radical (unpaired) electrons. The maximum atomic E-state index is 12.4. The predicted molar refractivity (Wildman–Crippen MR) is 81.6 cm³/mol. The van der Waals surface area contributed by atoms with Crippen molar-refractivity contribution in [3.63, 3.8) is 0 Å². The number of likely N-dealkylation sites (tertiary alicyclic amines) is 1. The molecule has 106 valence electrons. The van der Waals surface area contributed by atoms with Crippen LogP contribution in [0, 0.1) is 5.92 Å². The molecule has 0 aliphatic carbocycles. The van der Waals surface area contributed by atoms with Crippen molar-refractivity contribution >= 4 is 24.0 Å². The average Bonchev–Trinajstić information content (AvgIpc) is 2.63. The Morgan fingerprint density at radius 2 is 2.16 bits per heavy atom. The molecule has 0 saturated carbocycles. The minimum Gasteiger partial charge on any atom is -0.399 e. The van der Waals surface area contributed by atoms with Crippen LogP contribution >= 0.6 is 12.4 Å². The van der Waals surface area contributed by atoms with Crippen LogP contribution in [-0.4, -0.2) is 23.9 Å². The molecule has 1 aliphatic rings. The summed E-state index contributed by atoms with van der Waals surface area (Å²) in [5.74, 6) is 0.905. The van der Waals surface area contributed by atoms with Gasteiger partial charge in [0.05, 0.1) is 0 Å². The lowest BCUT2D eigenvalue weighted by atomic mass is 9.98. The minimum absolute atomic E-state index is 0. The molecular weight excluding hydrogens is 260 g/mol. The number of halogens is 1. The van der Waals surface area contributed by atoms with Gasteiger partial charge < -0.3 is 10.6 Å². The molecule has 1 saturated heterocycles. The smallest absolute Gasteiger partial charge is 0.253 e. The molecule has 1 amide bonds. The topological polar surface area (TPSA) is 46.3 Å². The van der Waals surface area contributed by atoms with Crippen LogP contribution in [0.15, 0.2) is 24.3 Å². The maximum absolute atomic E-state index is 12.4. The number of carbonyl (C=O) groups excluding carboxylic acids is 1. The van der Waals surface area contributed by atoms with E-state index >= 15 is 0 Å². The van der Waals surface area contributed by atoms with Gasteiger partial charge in [-0.25, -0.2) is 0 Å². The van der Waals surface area contributed by atoms with Crippen LogP contribution < -0.4 is 5.73 Å². The molecule has 1 heterocycles. The molecule has 0 spiro atoms. The van der Waals surface area contributed by atoms with Crippen LogP contribution in [0.5, 0.6) is 0 Å². The number of benzene rings is 1. The molecule has 2 N–H and O–H groups in total. The van der Waals surface area contributed by atoms with Crippen molar-refractivity contribution in [3.05, 3.63) is 29.8 Å². The van der Waals surface area contributed by atoms with Gasteiger partial charge in [-0.3, -0.25) is 4.79 Å². The predicted octanol–water partition coefficient (Wildman–Crippen LogP) is 3.34. The first-order chi connectivity index (χ1) is 8.70. The second-order valence-electron chi connectivity index (χ2n) is 5.12. The number of hydrogen-bond donors (Lipinski definition) is 1. The molecule has 0 aromatic heterocycles. The normalized spacial score (nSPS) is 19.4. The highest BCUT2D eigenvalue weighted by atomic mass is 35.5. The molecule has 1 atom stereocenters. The monoisotopic (exact) mass is 282 g/mol. The summed E-state index contributed by atoms with van der Waals surface area (Å²) >= 11 is 0. The second-order valence-corrected chi connectivity index (χ2v) is 5.12. The number of anilines is 1. The maximum Gasteiger partial charge on any atom is 0.253 e. The van der Waals surface area contributed by atoms with Crippen LogP contribution in [0.2, 0.25) is 0 Å². The van der Waals surface area contributed by atoms with E-state index in [1.807, 2.05) is 23.1 Å². The summed E-state index contributed by atoms with van der Waals surface area (Å²) in [4.78, 5) is 14.3. The quantitative estimate of drug-likeness (QED) is 0.846. The van der Waals surface area contributed by atoms with Crippen molar-refractivity contribution in [2.24, 2.45) is 5.92 Å². The van der Waals surface area contributed by atoms with Crippen LogP contribution in [0.3, 0.4) is 0 Å². The SMILES string of the molecule is CCC1CCCN(C(=O)c2cccc(N)c2)CC1.Cl. The fourth-order valence-electron chi connectivity index (χ4n) is 2.63. The van der Waals surface area contributed by atoms with Gasteiger partial charge in [-0.15, -0.1) is 12.4 Å². The first-order valence-corrected chi connectivity index (χ1v) is 6.85. The van der Waals surface area contributed by atoms with Gasteiger partial charge in [0.2, 0.25) is 0 Å². The largest absolute Gasteiger partial charge is 0.399 e. The van der Waals surface area contributed by atoms with Crippen LogP contribution in [0.4, 0.5) is 5.69 Å². The molecule has 1 aromatic rings. The van der Waals surface area contributed by atoms with E-state index in [0.29, 0.717) is 11.3 Å². The number of nitrogen functional groups attached to an aromatic ring is 1. The molecule has 1 aliphatic heterocycles. The number of rotatable bonds is 2. The average molecular weight is 283 g/mol. The molecule has 4 heteroatoms. The third kappa shape index (κ3) is 4.13. The van der Waals surface area contributed by atoms with Crippen molar-refractivity contribution in [3.8, 4) is 0 Å². The Hall–Kier alpha value is -1.22. The lowest BCUT2D eigenvalue weighted by Gasteiger charge is -2.20. The lowest BCUT2D eigenvalue weighted by molar-refractivity contribution is 0.0760. The molecule has 0 bridgehead atoms. The van der Waals surface area contributed by atoms with E-state index in [2.05, 4.69) is 6.92 Å². The summed E-state index contributed by atoms with van der Waals surface area (Å²) in [6.45, 7) is 4.00. The fourth-order valence-corrected chi connectivity index (χ4v) is 2.63. The van der Waals surface area contributed by atoms with Gasteiger partial charge in [-0.05, 0) is 43.4 Å². The minimum atomic E-state index is 0. The molecular formula is C15H23ClN2O. The van der Waals surface area contributed by atoms with Gasteiger partial charge in [0.15, 0.2) is 0 Å². The number of hydrogen-bond acceptors (Lipinski definition) is 2. The number of amides is 1. The Balaban J connectivity index is 0.00000180. The summed E-state index contributed by atoms with van der Waals surface area (Å²) < 4.78 is 0. The summed E-state index contributed by atoms with van der Waals surface area (Å²) in [6, 6.07) is 7.27. The van der Waals surface area contributed by atoms with Crippen molar-refractivity contribution in [2.75, 3.05) is 18.8 Å². The number of carbonyl (C=O) groups is 1. The third-order valence-electron chi connectivity index (χ3n) is 3.85. The van der Waals surface area contributed by atoms with Gasteiger partial charge in [-0.1, -0.05) is 19.4 Å². The summed E-state index contributed by atoms with van der Waals surface area (Å²) in [7, 11) is 0. The van der Waals surface area contributed by atoms with E-state index in [-0.39, 0.29) is 18.3 Å². The summed E-state index contributed by atoms with van der Waals surface area (Å²) in [6.07, 6.45) is 4.72. The lowest BCUT2D eigenvalue weighted by Crippen LogP contribution is -2.32. The van der Waals surface area contributed by atoms with E-state index in [9.17, 15) is 4.79 Å². The Morgan fingerprint density at radius 3 is 2.84 bits per heavy atom.